The highest BCUT2D eigenvalue weighted by atomic mass is 35.5. The molecule has 0 spiro atoms. The summed E-state index contributed by atoms with van der Waals surface area (Å²) in [6.45, 7) is 3.75. The molecule has 3 aliphatic rings. The standard InChI is InChI=1S/C34H33ClF2N6O2/c35-26-8-1-6-21-16-23(44)17-24(28(21)26)29-27(36)18-25-31(30(29)37)39-33(45-20-34-9-3-13-42(34)14-4-10-34)40-32(25)41-12-2-7-22(19-41)43-15-5-11-38-43/h1,5-6,8,11,15-18,22,44H,2-4,7,9-10,12-14,19-20H2. The molecule has 5 aromatic rings. The minimum Gasteiger partial charge on any atom is -0.508 e. The van der Waals surface area contributed by atoms with Crippen molar-refractivity contribution in [3.8, 4) is 22.9 Å². The SMILES string of the molecule is Oc1cc(-c2c(F)cc3c(N4CCCC(n5cccn5)C4)nc(OCC45CCCN4CCC5)nc3c2F)c2c(Cl)cccc2c1. The number of phenols is 1. The molecule has 3 fully saturated rings. The molecule has 45 heavy (non-hydrogen) atoms. The van der Waals surface area contributed by atoms with E-state index in [9.17, 15) is 5.11 Å². The van der Waals surface area contributed by atoms with Gasteiger partial charge in [-0.05, 0) is 87.3 Å². The minimum absolute atomic E-state index is 0.0386. The molecular weight excluding hydrogens is 598 g/mol. The van der Waals surface area contributed by atoms with E-state index in [2.05, 4.69) is 19.9 Å². The fourth-order valence-electron chi connectivity index (χ4n) is 7.80. The molecule has 0 saturated carbocycles. The summed E-state index contributed by atoms with van der Waals surface area (Å²) in [6.07, 6.45) is 9.80. The van der Waals surface area contributed by atoms with Gasteiger partial charge in [-0.25, -0.2) is 8.78 Å². The first-order chi connectivity index (χ1) is 21.9. The summed E-state index contributed by atoms with van der Waals surface area (Å²) in [4.78, 5) is 14.0. The second-order valence-corrected chi connectivity index (χ2v) is 12.9. The van der Waals surface area contributed by atoms with Gasteiger partial charge in [0.05, 0.1) is 17.1 Å². The van der Waals surface area contributed by atoms with Crippen LogP contribution in [0, 0.1) is 11.6 Å². The number of anilines is 1. The number of fused-ring (bicyclic) bond motifs is 3. The van der Waals surface area contributed by atoms with E-state index in [1.54, 1.807) is 24.4 Å². The van der Waals surface area contributed by atoms with Crippen LogP contribution in [0.25, 0.3) is 32.8 Å². The van der Waals surface area contributed by atoms with Crippen LogP contribution in [0.3, 0.4) is 0 Å². The number of rotatable bonds is 6. The Bertz CT molecular complexity index is 1910. The van der Waals surface area contributed by atoms with Crippen LogP contribution in [-0.2, 0) is 0 Å². The molecule has 1 N–H and O–H groups in total. The van der Waals surface area contributed by atoms with Crippen LogP contribution in [0.2, 0.25) is 5.02 Å². The zero-order valence-corrected chi connectivity index (χ0v) is 25.5. The number of benzene rings is 3. The summed E-state index contributed by atoms with van der Waals surface area (Å²) in [5.74, 6) is -1.34. The van der Waals surface area contributed by atoms with Crippen LogP contribution in [-0.4, -0.2) is 68.1 Å². The Kier molecular flexibility index (Phi) is 7.02. The van der Waals surface area contributed by atoms with Crippen molar-refractivity contribution in [3.63, 3.8) is 0 Å². The maximum absolute atomic E-state index is 16.8. The van der Waals surface area contributed by atoms with Crippen molar-refractivity contribution in [2.45, 2.75) is 50.1 Å². The highest BCUT2D eigenvalue weighted by Crippen LogP contribution is 2.43. The van der Waals surface area contributed by atoms with Crippen molar-refractivity contribution in [2.75, 3.05) is 37.7 Å². The zero-order valence-electron chi connectivity index (χ0n) is 24.7. The Hall–Kier alpha value is -4.02. The quantitative estimate of drug-likeness (QED) is 0.214. The van der Waals surface area contributed by atoms with Crippen LogP contribution in [0.4, 0.5) is 14.6 Å². The molecule has 5 heterocycles. The highest BCUT2D eigenvalue weighted by molar-refractivity contribution is 6.36. The van der Waals surface area contributed by atoms with Crippen molar-refractivity contribution in [1.82, 2.24) is 24.6 Å². The molecule has 8 rings (SSSR count). The predicted molar refractivity (Wildman–Crippen MR) is 170 cm³/mol. The molecular formula is C34H33ClF2N6O2. The maximum Gasteiger partial charge on any atom is 0.319 e. The summed E-state index contributed by atoms with van der Waals surface area (Å²) in [5, 5.41) is 16.6. The first-order valence-electron chi connectivity index (χ1n) is 15.6. The van der Waals surface area contributed by atoms with Crippen molar-refractivity contribution >= 4 is 39.1 Å². The van der Waals surface area contributed by atoms with Crippen LogP contribution in [0.1, 0.15) is 44.6 Å². The summed E-state index contributed by atoms with van der Waals surface area (Å²) >= 11 is 6.55. The first kappa shape index (κ1) is 28.5. The van der Waals surface area contributed by atoms with Gasteiger partial charge in [0.25, 0.3) is 0 Å². The van der Waals surface area contributed by atoms with E-state index in [4.69, 9.17) is 21.3 Å². The Morgan fingerprint density at radius 1 is 1.02 bits per heavy atom. The third-order valence-corrected chi connectivity index (χ3v) is 10.2. The van der Waals surface area contributed by atoms with Gasteiger partial charge in [0.1, 0.15) is 29.5 Å². The van der Waals surface area contributed by atoms with E-state index in [1.165, 1.54) is 18.2 Å². The second-order valence-electron chi connectivity index (χ2n) is 12.5. The smallest absolute Gasteiger partial charge is 0.319 e. The van der Waals surface area contributed by atoms with Crippen LogP contribution in [0.5, 0.6) is 11.8 Å². The van der Waals surface area contributed by atoms with E-state index in [0.717, 1.165) is 51.6 Å². The summed E-state index contributed by atoms with van der Waals surface area (Å²) in [7, 11) is 0. The second kappa shape index (κ2) is 11.1. The molecule has 8 nitrogen and oxygen atoms in total. The lowest BCUT2D eigenvalue weighted by molar-refractivity contribution is 0.108. The summed E-state index contributed by atoms with van der Waals surface area (Å²) in [6, 6.07) is 11.3. The van der Waals surface area contributed by atoms with Gasteiger partial charge in [-0.3, -0.25) is 9.58 Å². The van der Waals surface area contributed by atoms with Crippen LogP contribution < -0.4 is 9.64 Å². The molecule has 11 heteroatoms. The minimum atomic E-state index is -0.854. The third-order valence-electron chi connectivity index (χ3n) is 9.90. The topological polar surface area (TPSA) is 79.5 Å². The van der Waals surface area contributed by atoms with Gasteiger partial charge in [0.15, 0.2) is 5.82 Å². The molecule has 0 bridgehead atoms. The lowest BCUT2D eigenvalue weighted by atomic mass is 9.95. The maximum atomic E-state index is 16.8. The number of ether oxygens (including phenoxy) is 1. The zero-order chi connectivity index (χ0) is 30.7. The van der Waals surface area contributed by atoms with E-state index < -0.39 is 11.6 Å². The van der Waals surface area contributed by atoms with Crippen molar-refractivity contribution < 1.29 is 18.6 Å². The Morgan fingerprint density at radius 3 is 2.67 bits per heavy atom. The molecule has 2 aromatic heterocycles. The summed E-state index contributed by atoms with van der Waals surface area (Å²) < 4.78 is 41.3. The van der Waals surface area contributed by atoms with Gasteiger partial charge in [0.2, 0.25) is 0 Å². The van der Waals surface area contributed by atoms with Crippen LogP contribution in [0.15, 0.2) is 54.9 Å². The monoisotopic (exact) mass is 630 g/mol. The number of aromatic nitrogens is 4. The van der Waals surface area contributed by atoms with E-state index >= 15 is 8.78 Å². The molecule has 1 unspecified atom stereocenters. The fraction of sp³-hybridized carbons (Fsp3) is 0.382. The van der Waals surface area contributed by atoms with Crippen molar-refractivity contribution in [3.05, 3.63) is 71.5 Å². The summed E-state index contributed by atoms with van der Waals surface area (Å²) in [5.41, 5.74) is -0.253. The number of hydrogen-bond acceptors (Lipinski definition) is 7. The van der Waals surface area contributed by atoms with E-state index in [0.29, 0.717) is 41.3 Å². The Balaban J connectivity index is 1.28. The molecule has 0 radical (unpaired) electrons. The van der Waals surface area contributed by atoms with Crippen LogP contribution >= 0.6 is 11.6 Å². The predicted octanol–water partition coefficient (Wildman–Crippen LogP) is 7.13. The normalized spacial score (nSPS) is 19.9. The largest absolute Gasteiger partial charge is 0.508 e. The number of aromatic hydroxyl groups is 1. The number of hydrogen-bond donors (Lipinski definition) is 1. The molecule has 1 atom stereocenters. The molecule has 3 aromatic carbocycles. The number of phenolic OH excluding ortho intramolecular Hbond substituents is 1. The van der Waals surface area contributed by atoms with E-state index in [1.807, 2.05) is 16.9 Å². The highest BCUT2D eigenvalue weighted by Gasteiger charge is 2.45. The Morgan fingerprint density at radius 2 is 1.87 bits per heavy atom. The number of halogens is 3. The number of nitrogens with zero attached hydrogens (tertiary/aromatic N) is 6. The average molecular weight is 631 g/mol. The molecule has 3 aliphatic heterocycles. The molecule has 3 saturated heterocycles. The Labute approximate surface area is 264 Å². The van der Waals surface area contributed by atoms with Crippen molar-refractivity contribution in [2.24, 2.45) is 0 Å². The third kappa shape index (κ3) is 4.86. The van der Waals surface area contributed by atoms with Gasteiger partial charge in [-0.15, -0.1) is 0 Å². The van der Waals surface area contributed by atoms with Gasteiger partial charge in [-0.2, -0.15) is 15.1 Å². The van der Waals surface area contributed by atoms with Crippen molar-refractivity contribution in [1.29, 1.82) is 0 Å². The lowest BCUT2D eigenvalue weighted by Gasteiger charge is -2.34. The average Bonchev–Trinajstić information content (AvgIpc) is 3.79. The van der Waals surface area contributed by atoms with Gasteiger partial charge >= 0.3 is 6.01 Å². The molecule has 0 aliphatic carbocycles. The van der Waals surface area contributed by atoms with Gasteiger partial charge < -0.3 is 14.7 Å². The van der Waals surface area contributed by atoms with Gasteiger partial charge in [0, 0.05) is 46.8 Å². The first-order valence-corrected chi connectivity index (χ1v) is 16.0. The molecule has 232 valence electrons. The van der Waals surface area contributed by atoms with Gasteiger partial charge in [-0.1, -0.05) is 23.7 Å². The molecule has 0 amide bonds. The lowest BCUT2D eigenvalue weighted by Crippen LogP contribution is -2.43. The fourth-order valence-corrected chi connectivity index (χ4v) is 8.08. The number of piperidine rings is 1. The van der Waals surface area contributed by atoms with E-state index in [-0.39, 0.29) is 45.4 Å².